The summed E-state index contributed by atoms with van der Waals surface area (Å²) < 4.78 is 7.66. The zero-order valence-corrected chi connectivity index (χ0v) is 14.7. The van der Waals surface area contributed by atoms with Gasteiger partial charge in [-0.1, -0.05) is 32.0 Å². The smallest absolute Gasteiger partial charge is 0.315 e. The summed E-state index contributed by atoms with van der Waals surface area (Å²) in [6.07, 6.45) is 3.27. The molecule has 1 aliphatic heterocycles. The fourth-order valence-corrected chi connectivity index (χ4v) is 3.01. The molecule has 2 heterocycles. The molecule has 2 amide bonds. The lowest BCUT2D eigenvalue weighted by molar-refractivity contribution is 0.227. The van der Waals surface area contributed by atoms with Crippen LogP contribution in [0.5, 0.6) is 5.75 Å². The first kappa shape index (κ1) is 17.3. The van der Waals surface area contributed by atoms with Gasteiger partial charge in [0.1, 0.15) is 24.5 Å². The van der Waals surface area contributed by atoms with E-state index in [0.29, 0.717) is 25.6 Å². The van der Waals surface area contributed by atoms with Gasteiger partial charge in [0.05, 0.1) is 19.1 Å². The standard InChI is InChI=1S/C18H25N5O2/c1-13(2)15-5-3-4-6-16(15)25-10-9-19-18(24)22-14-7-8-17-20-12-21-23(17)11-14/h3-6,12-14H,7-11H2,1-2H3,(H2,19,22,24)/t14-/m0/s1. The summed E-state index contributed by atoms with van der Waals surface area (Å²) in [7, 11) is 0. The Hall–Kier alpha value is -2.57. The summed E-state index contributed by atoms with van der Waals surface area (Å²) in [5, 5.41) is 9.99. The normalized spacial score (nSPS) is 16.4. The van der Waals surface area contributed by atoms with Crippen molar-refractivity contribution in [3.63, 3.8) is 0 Å². The molecular formula is C18H25N5O2. The van der Waals surface area contributed by atoms with Crippen LogP contribution >= 0.6 is 0 Å². The molecule has 3 rings (SSSR count). The van der Waals surface area contributed by atoms with Crippen LogP contribution in [0.25, 0.3) is 0 Å². The second-order valence-corrected chi connectivity index (χ2v) is 6.54. The molecule has 0 radical (unpaired) electrons. The molecule has 0 unspecified atom stereocenters. The van der Waals surface area contributed by atoms with Crippen molar-refractivity contribution in [3.8, 4) is 5.75 Å². The second-order valence-electron chi connectivity index (χ2n) is 6.54. The quantitative estimate of drug-likeness (QED) is 0.787. The summed E-state index contributed by atoms with van der Waals surface area (Å²) >= 11 is 0. The number of carbonyl (C=O) groups is 1. The van der Waals surface area contributed by atoms with E-state index in [-0.39, 0.29) is 12.1 Å². The van der Waals surface area contributed by atoms with E-state index in [1.807, 2.05) is 22.9 Å². The highest BCUT2D eigenvalue weighted by molar-refractivity contribution is 5.74. The van der Waals surface area contributed by atoms with Crippen LogP contribution in [0.4, 0.5) is 4.79 Å². The van der Waals surface area contributed by atoms with Gasteiger partial charge in [0.15, 0.2) is 0 Å². The molecule has 0 saturated heterocycles. The highest BCUT2D eigenvalue weighted by atomic mass is 16.5. The zero-order chi connectivity index (χ0) is 17.6. The number of hydrogen-bond acceptors (Lipinski definition) is 4. The van der Waals surface area contributed by atoms with Crippen molar-refractivity contribution in [1.82, 2.24) is 25.4 Å². The maximum absolute atomic E-state index is 12.0. The van der Waals surface area contributed by atoms with Gasteiger partial charge in [-0.25, -0.2) is 14.5 Å². The Labute approximate surface area is 147 Å². The van der Waals surface area contributed by atoms with Crippen LogP contribution in [-0.2, 0) is 13.0 Å². The minimum atomic E-state index is -0.172. The predicted octanol–water partition coefficient (Wildman–Crippen LogP) is 2.09. The third-order valence-electron chi connectivity index (χ3n) is 4.33. The van der Waals surface area contributed by atoms with E-state index in [9.17, 15) is 4.79 Å². The number of nitrogens with one attached hydrogen (secondary N) is 2. The fourth-order valence-electron chi connectivity index (χ4n) is 3.01. The number of fused-ring (bicyclic) bond motifs is 1. The first-order valence-corrected chi connectivity index (χ1v) is 8.76. The molecule has 25 heavy (non-hydrogen) atoms. The van der Waals surface area contributed by atoms with Gasteiger partial charge in [-0.05, 0) is 24.0 Å². The van der Waals surface area contributed by atoms with Gasteiger partial charge in [0.25, 0.3) is 0 Å². The number of rotatable bonds is 6. The molecule has 2 N–H and O–H groups in total. The summed E-state index contributed by atoms with van der Waals surface area (Å²) in [5.74, 6) is 2.27. The number of ether oxygens (including phenoxy) is 1. The third-order valence-corrected chi connectivity index (χ3v) is 4.33. The maximum atomic E-state index is 12.0. The molecule has 1 atom stereocenters. The summed E-state index contributed by atoms with van der Waals surface area (Å²) in [6.45, 7) is 5.84. The highest BCUT2D eigenvalue weighted by Gasteiger charge is 2.21. The average Bonchev–Trinajstić information content (AvgIpc) is 3.06. The highest BCUT2D eigenvalue weighted by Crippen LogP contribution is 2.25. The van der Waals surface area contributed by atoms with Crippen LogP contribution in [0.1, 0.15) is 37.6 Å². The van der Waals surface area contributed by atoms with Crippen molar-refractivity contribution in [2.24, 2.45) is 0 Å². The van der Waals surface area contributed by atoms with Crippen molar-refractivity contribution < 1.29 is 9.53 Å². The van der Waals surface area contributed by atoms with Gasteiger partial charge in [0.2, 0.25) is 0 Å². The maximum Gasteiger partial charge on any atom is 0.315 e. The Kier molecular flexibility index (Phi) is 5.53. The Morgan fingerprint density at radius 2 is 2.24 bits per heavy atom. The first-order chi connectivity index (χ1) is 12.1. The number of aryl methyl sites for hydroxylation is 1. The molecule has 0 aliphatic carbocycles. The summed E-state index contributed by atoms with van der Waals surface area (Å²) in [4.78, 5) is 16.2. The monoisotopic (exact) mass is 343 g/mol. The number of urea groups is 1. The lowest BCUT2D eigenvalue weighted by Crippen LogP contribution is -2.46. The summed E-state index contributed by atoms with van der Waals surface area (Å²) in [6, 6.07) is 7.92. The lowest BCUT2D eigenvalue weighted by atomic mass is 10.0. The molecule has 2 aromatic rings. The predicted molar refractivity (Wildman–Crippen MR) is 94.7 cm³/mol. The van der Waals surface area contributed by atoms with Crippen molar-refractivity contribution in [2.45, 2.75) is 45.2 Å². The van der Waals surface area contributed by atoms with Gasteiger partial charge in [0, 0.05) is 6.42 Å². The molecule has 7 heteroatoms. The molecule has 134 valence electrons. The molecule has 0 spiro atoms. The van der Waals surface area contributed by atoms with E-state index in [1.165, 1.54) is 5.56 Å². The average molecular weight is 343 g/mol. The van der Waals surface area contributed by atoms with Gasteiger partial charge in [-0.2, -0.15) is 5.10 Å². The molecular weight excluding hydrogens is 318 g/mol. The molecule has 1 aromatic heterocycles. The molecule has 1 aromatic carbocycles. The molecule has 1 aliphatic rings. The lowest BCUT2D eigenvalue weighted by Gasteiger charge is -2.23. The van der Waals surface area contributed by atoms with E-state index in [1.54, 1.807) is 6.33 Å². The van der Waals surface area contributed by atoms with Crippen LogP contribution in [0.3, 0.4) is 0 Å². The van der Waals surface area contributed by atoms with E-state index >= 15 is 0 Å². The Morgan fingerprint density at radius 3 is 3.08 bits per heavy atom. The number of para-hydroxylation sites is 1. The number of benzene rings is 1. The molecule has 0 bridgehead atoms. The van der Waals surface area contributed by atoms with Crippen molar-refractivity contribution >= 4 is 6.03 Å². The van der Waals surface area contributed by atoms with Gasteiger partial charge < -0.3 is 15.4 Å². The Morgan fingerprint density at radius 1 is 1.40 bits per heavy atom. The number of hydrogen-bond donors (Lipinski definition) is 2. The number of carbonyl (C=O) groups excluding carboxylic acids is 1. The van der Waals surface area contributed by atoms with Crippen molar-refractivity contribution in [2.75, 3.05) is 13.2 Å². The molecule has 0 fully saturated rings. The largest absolute Gasteiger partial charge is 0.491 e. The number of aromatic nitrogens is 3. The SMILES string of the molecule is CC(C)c1ccccc1OCCNC(=O)N[C@H]1CCc2ncnn2C1. The summed E-state index contributed by atoms with van der Waals surface area (Å²) in [5.41, 5.74) is 1.18. The molecule has 7 nitrogen and oxygen atoms in total. The van der Waals surface area contributed by atoms with E-state index in [2.05, 4.69) is 40.6 Å². The van der Waals surface area contributed by atoms with Crippen LogP contribution in [0.15, 0.2) is 30.6 Å². The Balaban J connectivity index is 1.39. The number of nitrogens with zero attached hydrogens (tertiary/aromatic N) is 3. The third kappa shape index (κ3) is 4.49. The second kappa shape index (κ2) is 8.00. The van der Waals surface area contributed by atoms with Gasteiger partial charge in [-0.15, -0.1) is 0 Å². The van der Waals surface area contributed by atoms with Crippen LogP contribution in [0.2, 0.25) is 0 Å². The molecule has 0 saturated carbocycles. The van der Waals surface area contributed by atoms with Crippen LogP contribution in [0, 0.1) is 0 Å². The zero-order valence-electron chi connectivity index (χ0n) is 14.7. The fraction of sp³-hybridized carbons (Fsp3) is 0.500. The van der Waals surface area contributed by atoms with Crippen molar-refractivity contribution in [1.29, 1.82) is 0 Å². The van der Waals surface area contributed by atoms with Crippen LogP contribution in [-0.4, -0.2) is 40.0 Å². The van der Waals surface area contributed by atoms with Gasteiger partial charge >= 0.3 is 6.03 Å². The van der Waals surface area contributed by atoms with E-state index in [4.69, 9.17) is 4.74 Å². The topological polar surface area (TPSA) is 81.1 Å². The van der Waals surface area contributed by atoms with Crippen LogP contribution < -0.4 is 15.4 Å². The minimum absolute atomic E-state index is 0.0804. The van der Waals surface area contributed by atoms with Crippen molar-refractivity contribution in [3.05, 3.63) is 42.0 Å². The Bertz CT molecular complexity index is 713. The first-order valence-electron chi connectivity index (χ1n) is 8.76. The minimum Gasteiger partial charge on any atom is -0.491 e. The van der Waals surface area contributed by atoms with Gasteiger partial charge in [-0.3, -0.25) is 0 Å². The van der Waals surface area contributed by atoms with E-state index < -0.39 is 0 Å². The number of amides is 2. The van der Waals surface area contributed by atoms with E-state index in [0.717, 1.165) is 24.4 Å².